The Labute approximate surface area is 114 Å². The molecule has 0 aliphatic carbocycles. The molecular weight excluding hydrogens is 262 g/mol. The number of imidazole rings is 1. The molecule has 0 aliphatic heterocycles. The van der Waals surface area contributed by atoms with E-state index in [4.69, 9.17) is 12.2 Å². The molecule has 1 unspecified atom stereocenters. The quantitative estimate of drug-likeness (QED) is 0.715. The summed E-state index contributed by atoms with van der Waals surface area (Å²) in [5.74, 6) is 0. The van der Waals surface area contributed by atoms with E-state index >= 15 is 0 Å². The van der Waals surface area contributed by atoms with Crippen LogP contribution in [0.4, 0.5) is 0 Å². The highest BCUT2D eigenvalue weighted by Gasteiger charge is 2.14. The molecule has 0 saturated heterocycles. The normalized spacial score (nSPS) is 13.0. The maximum Gasteiger partial charge on any atom is 0.179 e. The van der Waals surface area contributed by atoms with Crippen LogP contribution in [0.3, 0.4) is 0 Å². The number of pyridine rings is 1. The molecule has 0 aliphatic rings. The maximum atomic E-state index is 5.42. The largest absolute Gasteiger partial charge is 0.329 e. The molecule has 3 nitrogen and oxygen atoms in total. The number of H-pyrrole nitrogens is 1. The third-order valence-electron chi connectivity index (χ3n) is 3.03. The van der Waals surface area contributed by atoms with E-state index in [-0.39, 0.29) is 6.04 Å². The van der Waals surface area contributed by atoms with Crippen molar-refractivity contribution >= 4 is 34.7 Å². The van der Waals surface area contributed by atoms with Gasteiger partial charge in [-0.2, -0.15) is 0 Å². The lowest BCUT2D eigenvalue weighted by Gasteiger charge is -2.11. The van der Waals surface area contributed by atoms with Gasteiger partial charge in [0.25, 0.3) is 0 Å². The first-order valence-corrected chi connectivity index (χ1v) is 7.06. The predicted molar refractivity (Wildman–Crippen MR) is 77.8 cm³/mol. The summed E-state index contributed by atoms with van der Waals surface area (Å²) in [6, 6.07) is 6.48. The molecular formula is C13H13N3S2. The molecule has 3 rings (SSSR count). The van der Waals surface area contributed by atoms with E-state index in [1.54, 1.807) is 11.3 Å². The van der Waals surface area contributed by atoms with Gasteiger partial charge in [0.1, 0.15) is 0 Å². The van der Waals surface area contributed by atoms with Crippen LogP contribution in [-0.2, 0) is 0 Å². The smallest absolute Gasteiger partial charge is 0.179 e. The van der Waals surface area contributed by atoms with Crippen molar-refractivity contribution in [2.75, 3.05) is 0 Å². The molecule has 0 bridgehead atoms. The highest BCUT2D eigenvalue weighted by Crippen LogP contribution is 2.26. The van der Waals surface area contributed by atoms with Gasteiger partial charge in [-0.15, -0.1) is 11.3 Å². The standard InChI is InChI=1S/C13H13N3S2/c1-8-6-10-12(14-7-8)16(13(17)15-10)9(2)11-4-3-5-18-11/h3-7,9H,1-2H3,(H,15,17). The minimum absolute atomic E-state index is 0.210. The lowest BCUT2D eigenvalue weighted by atomic mass is 10.2. The first-order valence-electron chi connectivity index (χ1n) is 5.77. The SMILES string of the molecule is Cc1cnc2c(c1)[nH]c(=S)n2C(C)c1cccs1. The fourth-order valence-corrected chi connectivity index (χ4v) is 3.26. The molecule has 18 heavy (non-hydrogen) atoms. The number of nitrogens with zero attached hydrogens (tertiary/aromatic N) is 2. The van der Waals surface area contributed by atoms with Crippen LogP contribution in [0, 0.1) is 11.7 Å². The Kier molecular flexibility index (Phi) is 2.80. The number of hydrogen-bond donors (Lipinski definition) is 1. The molecule has 0 saturated carbocycles. The van der Waals surface area contributed by atoms with Gasteiger partial charge < -0.3 is 4.98 Å². The summed E-state index contributed by atoms with van der Waals surface area (Å²) in [4.78, 5) is 9.02. The molecule has 3 aromatic rings. The fourth-order valence-electron chi connectivity index (χ4n) is 2.13. The summed E-state index contributed by atoms with van der Waals surface area (Å²) in [6.45, 7) is 4.18. The fraction of sp³-hybridized carbons (Fsp3) is 0.231. The Balaban J connectivity index is 2.23. The van der Waals surface area contributed by atoms with Crippen molar-refractivity contribution in [3.63, 3.8) is 0 Å². The Morgan fingerprint density at radius 1 is 1.50 bits per heavy atom. The van der Waals surface area contributed by atoms with Crippen molar-refractivity contribution in [2.45, 2.75) is 19.9 Å². The summed E-state index contributed by atoms with van der Waals surface area (Å²) in [5, 5.41) is 2.09. The van der Waals surface area contributed by atoms with Gasteiger partial charge in [0, 0.05) is 11.1 Å². The van der Waals surface area contributed by atoms with Gasteiger partial charge in [-0.25, -0.2) is 4.98 Å². The number of aryl methyl sites for hydroxylation is 1. The van der Waals surface area contributed by atoms with Crippen LogP contribution in [0.5, 0.6) is 0 Å². The van der Waals surface area contributed by atoms with Crippen LogP contribution in [0.1, 0.15) is 23.4 Å². The molecule has 0 fully saturated rings. The summed E-state index contributed by atoms with van der Waals surface area (Å²) >= 11 is 7.16. The number of aromatic nitrogens is 3. The molecule has 3 aromatic heterocycles. The minimum Gasteiger partial charge on any atom is -0.329 e. The van der Waals surface area contributed by atoms with E-state index in [0.29, 0.717) is 0 Å². The van der Waals surface area contributed by atoms with Crippen LogP contribution in [0.15, 0.2) is 29.8 Å². The highest BCUT2D eigenvalue weighted by atomic mass is 32.1. The van der Waals surface area contributed by atoms with Crippen molar-refractivity contribution in [3.8, 4) is 0 Å². The molecule has 0 spiro atoms. The van der Waals surface area contributed by atoms with Crippen molar-refractivity contribution in [2.24, 2.45) is 0 Å². The minimum atomic E-state index is 0.210. The van der Waals surface area contributed by atoms with E-state index in [9.17, 15) is 0 Å². The zero-order valence-corrected chi connectivity index (χ0v) is 11.8. The first-order chi connectivity index (χ1) is 8.66. The van der Waals surface area contributed by atoms with Crippen LogP contribution in [-0.4, -0.2) is 14.5 Å². The van der Waals surface area contributed by atoms with Crippen LogP contribution in [0.2, 0.25) is 0 Å². The summed E-state index contributed by atoms with van der Waals surface area (Å²) < 4.78 is 2.81. The third-order valence-corrected chi connectivity index (χ3v) is 4.38. The van der Waals surface area contributed by atoms with Gasteiger partial charge in [0.05, 0.1) is 11.6 Å². The van der Waals surface area contributed by atoms with E-state index in [1.165, 1.54) is 4.88 Å². The van der Waals surface area contributed by atoms with Crippen molar-refractivity contribution in [1.82, 2.24) is 14.5 Å². The second-order valence-electron chi connectivity index (χ2n) is 4.38. The molecule has 1 N–H and O–H groups in total. The van der Waals surface area contributed by atoms with Gasteiger partial charge in [0.2, 0.25) is 0 Å². The number of thiophene rings is 1. The van der Waals surface area contributed by atoms with E-state index in [2.05, 4.69) is 45.0 Å². The molecule has 5 heteroatoms. The lowest BCUT2D eigenvalue weighted by Crippen LogP contribution is -2.05. The summed E-state index contributed by atoms with van der Waals surface area (Å²) in [7, 11) is 0. The molecule has 3 heterocycles. The van der Waals surface area contributed by atoms with Gasteiger partial charge in [0.15, 0.2) is 10.4 Å². The second-order valence-corrected chi connectivity index (χ2v) is 5.74. The van der Waals surface area contributed by atoms with E-state index < -0.39 is 0 Å². The zero-order chi connectivity index (χ0) is 12.7. The summed E-state index contributed by atoms with van der Waals surface area (Å²) in [5.41, 5.74) is 3.06. The van der Waals surface area contributed by atoms with Gasteiger partial charge in [-0.3, -0.25) is 4.57 Å². The number of aromatic amines is 1. The molecule has 0 aromatic carbocycles. The Morgan fingerprint density at radius 2 is 2.33 bits per heavy atom. The topological polar surface area (TPSA) is 33.6 Å². The average Bonchev–Trinajstić information content (AvgIpc) is 2.94. The van der Waals surface area contributed by atoms with Crippen LogP contribution < -0.4 is 0 Å². The number of hydrogen-bond acceptors (Lipinski definition) is 3. The van der Waals surface area contributed by atoms with Gasteiger partial charge in [-0.05, 0) is 49.1 Å². The average molecular weight is 275 g/mol. The number of rotatable bonds is 2. The second kappa shape index (κ2) is 4.33. The molecule has 1 atom stereocenters. The maximum absolute atomic E-state index is 5.42. The Hall–Kier alpha value is -1.46. The number of fused-ring (bicyclic) bond motifs is 1. The van der Waals surface area contributed by atoms with Crippen LogP contribution >= 0.6 is 23.6 Å². The third kappa shape index (κ3) is 1.79. The molecule has 0 radical (unpaired) electrons. The van der Waals surface area contributed by atoms with E-state index in [1.807, 2.05) is 13.1 Å². The highest BCUT2D eigenvalue weighted by molar-refractivity contribution is 7.71. The van der Waals surface area contributed by atoms with Gasteiger partial charge >= 0.3 is 0 Å². The van der Waals surface area contributed by atoms with Crippen molar-refractivity contribution < 1.29 is 0 Å². The van der Waals surface area contributed by atoms with Crippen molar-refractivity contribution in [3.05, 3.63) is 45.0 Å². The van der Waals surface area contributed by atoms with E-state index in [0.717, 1.165) is 21.5 Å². The Morgan fingerprint density at radius 3 is 3.06 bits per heavy atom. The summed E-state index contributed by atoms with van der Waals surface area (Å²) in [6.07, 6.45) is 1.88. The van der Waals surface area contributed by atoms with Crippen molar-refractivity contribution in [1.29, 1.82) is 0 Å². The Bertz CT molecular complexity index is 737. The first kappa shape index (κ1) is 11.6. The lowest BCUT2D eigenvalue weighted by molar-refractivity contribution is 0.655. The monoisotopic (exact) mass is 275 g/mol. The zero-order valence-electron chi connectivity index (χ0n) is 10.2. The predicted octanol–water partition coefficient (Wildman–Crippen LogP) is 4.07. The van der Waals surface area contributed by atoms with Gasteiger partial charge in [-0.1, -0.05) is 6.07 Å². The molecule has 0 amide bonds. The molecule has 92 valence electrons. The number of nitrogens with one attached hydrogen (secondary N) is 1. The van der Waals surface area contributed by atoms with Crippen LogP contribution in [0.25, 0.3) is 11.2 Å².